The zero-order valence-electron chi connectivity index (χ0n) is 8.27. The van der Waals surface area contributed by atoms with Crippen LogP contribution in [0, 0.1) is 13.8 Å². The maximum absolute atomic E-state index is 11.0. The van der Waals surface area contributed by atoms with Gasteiger partial charge in [0.2, 0.25) is 0 Å². The van der Waals surface area contributed by atoms with E-state index in [9.17, 15) is 4.79 Å². The van der Waals surface area contributed by atoms with E-state index in [-0.39, 0.29) is 0 Å². The molecule has 5 heteroatoms. The zero-order chi connectivity index (χ0) is 11.0. The Balaban J connectivity index is 2.56. The summed E-state index contributed by atoms with van der Waals surface area (Å²) in [5.74, 6) is -0.901. The number of rotatable bonds is 2. The molecule has 0 aliphatic carbocycles. The van der Waals surface area contributed by atoms with E-state index >= 15 is 0 Å². The van der Waals surface area contributed by atoms with Gasteiger partial charge in [-0.1, -0.05) is 0 Å². The number of thiophene rings is 1. The van der Waals surface area contributed by atoms with E-state index in [2.05, 4.69) is 4.98 Å². The van der Waals surface area contributed by atoms with E-state index in [1.807, 2.05) is 26.0 Å². The van der Waals surface area contributed by atoms with Crippen molar-refractivity contribution in [1.29, 1.82) is 0 Å². The molecule has 0 aliphatic heterocycles. The van der Waals surface area contributed by atoms with E-state index in [1.165, 1.54) is 11.3 Å². The molecule has 0 aliphatic rings. The monoisotopic (exact) mass is 239 g/mol. The maximum Gasteiger partial charge on any atom is 0.348 e. The van der Waals surface area contributed by atoms with Gasteiger partial charge in [0.1, 0.15) is 10.6 Å². The number of aryl methyl sites for hydroxylation is 2. The van der Waals surface area contributed by atoms with Crippen molar-refractivity contribution in [2.24, 2.45) is 0 Å². The SMILES string of the molecule is Cc1ccc(-c2nc(C)sc2C(=O)O)s1. The summed E-state index contributed by atoms with van der Waals surface area (Å²) in [5.41, 5.74) is 0.600. The highest BCUT2D eigenvalue weighted by Gasteiger charge is 2.18. The summed E-state index contributed by atoms with van der Waals surface area (Å²) in [5, 5.41) is 9.81. The number of thiazole rings is 1. The molecule has 15 heavy (non-hydrogen) atoms. The topological polar surface area (TPSA) is 50.2 Å². The number of carboxylic acids is 1. The van der Waals surface area contributed by atoms with Crippen LogP contribution in [-0.2, 0) is 0 Å². The summed E-state index contributed by atoms with van der Waals surface area (Å²) < 4.78 is 0. The number of aromatic carboxylic acids is 1. The largest absolute Gasteiger partial charge is 0.477 e. The molecule has 0 saturated carbocycles. The maximum atomic E-state index is 11.0. The first-order chi connectivity index (χ1) is 7.08. The third-order valence-electron chi connectivity index (χ3n) is 1.90. The second kappa shape index (κ2) is 3.75. The minimum absolute atomic E-state index is 0.328. The van der Waals surface area contributed by atoms with Crippen LogP contribution >= 0.6 is 22.7 Å². The molecule has 2 aromatic heterocycles. The quantitative estimate of drug-likeness (QED) is 0.875. The second-order valence-electron chi connectivity index (χ2n) is 3.13. The Morgan fingerprint density at radius 3 is 2.60 bits per heavy atom. The van der Waals surface area contributed by atoms with E-state index in [1.54, 1.807) is 11.3 Å². The normalized spacial score (nSPS) is 10.5. The van der Waals surface area contributed by atoms with Gasteiger partial charge in [0.05, 0.1) is 9.88 Å². The van der Waals surface area contributed by atoms with Crippen molar-refractivity contribution >= 4 is 28.6 Å². The second-order valence-corrected chi connectivity index (χ2v) is 5.62. The van der Waals surface area contributed by atoms with Gasteiger partial charge in [0, 0.05) is 4.88 Å². The molecule has 0 fully saturated rings. The van der Waals surface area contributed by atoms with E-state index < -0.39 is 5.97 Å². The lowest BCUT2D eigenvalue weighted by Crippen LogP contribution is -1.94. The first-order valence-electron chi connectivity index (χ1n) is 4.35. The van der Waals surface area contributed by atoms with Gasteiger partial charge < -0.3 is 5.11 Å². The van der Waals surface area contributed by atoms with Crippen molar-refractivity contribution in [3.8, 4) is 10.6 Å². The van der Waals surface area contributed by atoms with Gasteiger partial charge >= 0.3 is 5.97 Å². The van der Waals surface area contributed by atoms with Gasteiger partial charge in [0.25, 0.3) is 0 Å². The minimum Gasteiger partial charge on any atom is -0.477 e. The molecule has 0 spiro atoms. The van der Waals surface area contributed by atoms with Crippen molar-refractivity contribution in [2.45, 2.75) is 13.8 Å². The number of carbonyl (C=O) groups is 1. The van der Waals surface area contributed by atoms with Crippen LogP contribution in [0.25, 0.3) is 10.6 Å². The van der Waals surface area contributed by atoms with Gasteiger partial charge in [-0.2, -0.15) is 0 Å². The number of hydrogen-bond donors (Lipinski definition) is 1. The summed E-state index contributed by atoms with van der Waals surface area (Å²) in [7, 11) is 0. The highest BCUT2D eigenvalue weighted by molar-refractivity contribution is 7.17. The van der Waals surface area contributed by atoms with Crippen molar-refractivity contribution < 1.29 is 9.90 Å². The Bertz CT molecular complexity index is 513. The lowest BCUT2D eigenvalue weighted by molar-refractivity contribution is 0.0703. The van der Waals surface area contributed by atoms with Crippen LogP contribution in [0.2, 0.25) is 0 Å². The van der Waals surface area contributed by atoms with Crippen LogP contribution in [0.3, 0.4) is 0 Å². The Hall–Kier alpha value is -1.20. The molecule has 0 unspecified atom stereocenters. The molecule has 2 heterocycles. The van der Waals surface area contributed by atoms with Crippen molar-refractivity contribution in [3.63, 3.8) is 0 Å². The zero-order valence-corrected chi connectivity index (χ0v) is 9.91. The predicted molar refractivity (Wildman–Crippen MR) is 61.9 cm³/mol. The lowest BCUT2D eigenvalue weighted by atomic mass is 10.3. The molecule has 0 bridgehead atoms. The first-order valence-corrected chi connectivity index (χ1v) is 5.99. The molecule has 2 aromatic rings. The fourth-order valence-corrected chi connectivity index (χ4v) is 3.00. The van der Waals surface area contributed by atoms with E-state index in [0.29, 0.717) is 10.6 Å². The van der Waals surface area contributed by atoms with E-state index in [4.69, 9.17) is 5.11 Å². The molecule has 3 nitrogen and oxygen atoms in total. The molecule has 0 amide bonds. The predicted octanol–water partition coefficient (Wildman–Crippen LogP) is 3.19. The molecule has 1 N–H and O–H groups in total. The molecule has 0 atom stereocenters. The van der Waals surface area contributed by atoms with Crippen molar-refractivity contribution in [1.82, 2.24) is 4.98 Å². The van der Waals surface area contributed by atoms with Crippen molar-refractivity contribution in [3.05, 3.63) is 26.9 Å². The summed E-state index contributed by atoms with van der Waals surface area (Å²) in [6, 6.07) is 3.89. The number of aromatic nitrogens is 1. The summed E-state index contributed by atoms with van der Waals surface area (Å²) in [6.45, 7) is 3.81. The van der Waals surface area contributed by atoms with Gasteiger partial charge in [-0.05, 0) is 26.0 Å². The Morgan fingerprint density at radius 1 is 1.33 bits per heavy atom. The van der Waals surface area contributed by atoms with Gasteiger partial charge in [0.15, 0.2) is 0 Å². The fraction of sp³-hybridized carbons (Fsp3) is 0.200. The summed E-state index contributed by atoms with van der Waals surface area (Å²) >= 11 is 2.79. The minimum atomic E-state index is -0.901. The highest BCUT2D eigenvalue weighted by atomic mass is 32.1. The average Bonchev–Trinajstić information content (AvgIpc) is 2.71. The third-order valence-corrected chi connectivity index (χ3v) is 3.87. The third kappa shape index (κ3) is 1.93. The molecule has 2 rings (SSSR count). The molecule has 0 aromatic carbocycles. The lowest BCUT2D eigenvalue weighted by Gasteiger charge is -1.92. The van der Waals surface area contributed by atoms with Gasteiger partial charge in [-0.25, -0.2) is 9.78 Å². The number of nitrogens with zero attached hydrogens (tertiary/aromatic N) is 1. The van der Waals surface area contributed by atoms with E-state index in [0.717, 1.165) is 14.8 Å². The summed E-state index contributed by atoms with van der Waals surface area (Å²) in [4.78, 5) is 17.7. The summed E-state index contributed by atoms with van der Waals surface area (Å²) in [6.07, 6.45) is 0. The first kappa shape index (κ1) is 10.3. The fourth-order valence-electron chi connectivity index (χ4n) is 1.30. The molecule has 78 valence electrons. The molecular weight excluding hydrogens is 230 g/mol. The van der Waals surface area contributed by atoms with Crippen LogP contribution in [0.1, 0.15) is 19.6 Å². The average molecular weight is 239 g/mol. The van der Waals surface area contributed by atoms with Gasteiger partial charge in [-0.3, -0.25) is 0 Å². The highest BCUT2D eigenvalue weighted by Crippen LogP contribution is 2.32. The number of carboxylic acid groups (broad SMARTS) is 1. The standard InChI is InChI=1S/C10H9NO2S2/c1-5-3-4-7(14-5)8-9(10(12)13)15-6(2)11-8/h3-4H,1-2H3,(H,12,13). The van der Waals surface area contributed by atoms with Crippen LogP contribution in [-0.4, -0.2) is 16.1 Å². The number of hydrogen-bond acceptors (Lipinski definition) is 4. The van der Waals surface area contributed by atoms with Gasteiger partial charge in [-0.15, -0.1) is 22.7 Å². The smallest absolute Gasteiger partial charge is 0.348 e. The van der Waals surface area contributed by atoms with Crippen molar-refractivity contribution in [2.75, 3.05) is 0 Å². The van der Waals surface area contributed by atoms with Crippen LogP contribution < -0.4 is 0 Å². The van der Waals surface area contributed by atoms with Crippen LogP contribution in [0.15, 0.2) is 12.1 Å². The van der Waals surface area contributed by atoms with Crippen LogP contribution in [0.5, 0.6) is 0 Å². The Morgan fingerprint density at radius 2 is 2.07 bits per heavy atom. The molecule has 0 radical (unpaired) electrons. The Kier molecular flexibility index (Phi) is 2.58. The van der Waals surface area contributed by atoms with Crippen LogP contribution in [0.4, 0.5) is 0 Å². The molecular formula is C10H9NO2S2. The molecule has 0 saturated heterocycles. The Labute approximate surface area is 95.0 Å².